The summed E-state index contributed by atoms with van der Waals surface area (Å²) >= 11 is 0. The van der Waals surface area contributed by atoms with Crippen molar-refractivity contribution in [3.8, 4) is 6.01 Å². The summed E-state index contributed by atoms with van der Waals surface area (Å²) in [6, 6.07) is 13.1. The van der Waals surface area contributed by atoms with Crippen LogP contribution in [0.3, 0.4) is 0 Å². The monoisotopic (exact) mass is 425 g/mol. The number of nitrogens with one attached hydrogen (secondary N) is 1. The zero-order valence-electron chi connectivity index (χ0n) is 16.5. The van der Waals surface area contributed by atoms with E-state index in [2.05, 4.69) is 15.2 Å². The van der Waals surface area contributed by atoms with Gasteiger partial charge in [-0.2, -0.15) is 0 Å². The van der Waals surface area contributed by atoms with E-state index in [4.69, 9.17) is 4.74 Å². The molecule has 0 atom stereocenters. The van der Waals surface area contributed by atoms with Gasteiger partial charge in [-0.25, -0.2) is 4.39 Å². The Morgan fingerprint density at radius 1 is 1.13 bits per heavy atom. The molecule has 160 valence electrons. The van der Waals surface area contributed by atoms with Crippen LogP contribution in [0.2, 0.25) is 0 Å². The van der Waals surface area contributed by atoms with E-state index in [0.717, 1.165) is 5.56 Å². The summed E-state index contributed by atoms with van der Waals surface area (Å²) in [4.78, 5) is 28.8. The van der Waals surface area contributed by atoms with Crippen LogP contribution in [-0.2, 0) is 13.1 Å². The van der Waals surface area contributed by atoms with Crippen LogP contribution in [0.5, 0.6) is 6.01 Å². The van der Waals surface area contributed by atoms with Gasteiger partial charge in [-0.15, -0.1) is 0 Å². The molecular weight excluding hydrogens is 405 g/mol. The Balaban J connectivity index is 1.35. The Morgan fingerprint density at radius 2 is 1.87 bits per heavy atom. The first-order valence-electron chi connectivity index (χ1n) is 9.70. The van der Waals surface area contributed by atoms with Gasteiger partial charge in [0.05, 0.1) is 0 Å². The molecule has 0 fully saturated rings. The van der Waals surface area contributed by atoms with E-state index in [1.165, 1.54) is 30.5 Å². The van der Waals surface area contributed by atoms with Crippen LogP contribution in [0.25, 0.3) is 0 Å². The van der Waals surface area contributed by atoms with Gasteiger partial charge in [0, 0.05) is 42.4 Å². The average molecular weight is 425 g/mol. The Bertz CT molecular complexity index is 1080. The predicted octanol–water partition coefficient (Wildman–Crippen LogP) is 3.08. The van der Waals surface area contributed by atoms with Crippen LogP contribution in [0, 0.1) is 15.9 Å². The Hall–Kier alpha value is -3.79. The number of hydrogen-bond acceptors (Lipinski definition) is 6. The van der Waals surface area contributed by atoms with Crippen molar-refractivity contribution in [2.45, 2.75) is 13.1 Å². The van der Waals surface area contributed by atoms with E-state index in [1.807, 2.05) is 12.1 Å². The highest BCUT2D eigenvalue weighted by Gasteiger charge is 2.22. The number of nitrogens with zero attached hydrogens (tertiary/aromatic N) is 4. The first-order chi connectivity index (χ1) is 15.0. The molecule has 0 aliphatic carbocycles. The van der Waals surface area contributed by atoms with Gasteiger partial charge in [-0.3, -0.25) is 14.3 Å². The first kappa shape index (κ1) is 20.5. The first-order valence-corrected chi connectivity index (χ1v) is 9.70. The van der Waals surface area contributed by atoms with E-state index in [0.29, 0.717) is 44.0 Å². The summed E-state index contributed by atoms with van der Waals surface area (Å²) in [5, 5.41) is 13.6. The summed E-state index contributed by atoms with van der Waals surface area (Å²) in [7, 11) is 0. The molecule has 0 saturated heterocycles. The third kappa shape index (κ3) is 5.04. The highest BCUT2D eigenvalue weighted by atomic mass is 19.1. The van der Waals surface area contributed by atoms with Gasteiger partial charge in [0.1, 0.15) is 18.6 Å². The third-order valence-electron chi connectivity index (χ3n) is 4.93. The fraction of sp³-hybridized carbons (Fsp3) is 0.238. The quantitative estimate of drug-likeness (QED) is 0.498. The molecule has 1 aliphatic rings. The molecule has 0 spiro atoms. The lowest BCUT2D eigenvalue weighted by molar-refractivity contribution is -0.389. The molecule has 1 amide bonds. The molecule has 0 unspecified atom stereocenters. The van der Waals surface area contributed by atoms with Crippen LogP contribution < -0.4 is 10.1 Å². The fourth-order valence-corrected chi connectivity index (χ4v) is 3.29. The summed E-state index contributed by atoms with van der Waals surface area (Å²) in [6.45, 7) is 2.86. The van der Waals surface area contributed by atoms with E-state index in [9.17, 15) is 19.3 Å². The number of nitro groups is 1. The molecular formula is C21H20FN5O4. The van der Waals surface area contributed by atoms with Crippen molar-refractivity contribution in [3.63, 3.8) is 0 Å². The van der Waals surface area contributed by atoms with Crippen LogP contribution in [-0.4, -0.2) is 45.0 Å². The molecule has 0 saturated carbocycles. The average Bonchev–Trinajstić information content (AvgIpc) is 3.15. The van der Waals surface area contributed by atoms with E-state index < -0.39 is 4.92 Å². The van der Waals surface area contributed by atoms with Crippen molar-refractivity contribution in [2.75, 3.05) is 25.0 Å². The lowest BCUT2D eigenvalue weighted by atomic mass is 10.1. The second kappa shape index (κ2) is 8.92. The standard InChI is InChI=1S/C21H20FN5O4/c22-17-5-7-18(8-6-17)23-20(28)16-3-1-15(2-4-16)13-25-9-10-26-14-19(27(29)30)24-21(26)31-12-11-25/h1-8,14H,9-13H2,(H,23,28). The van der Waals surface area contributed by atoms with Crippen LogP contribution in [0.4, 0.5) is 15.9 Å². The zero-order valence-corrected chi connectivity index (χ0v) is 16.5. The predicted molar refractivity (Wildman–Crippen MR) is 110 cm³/mol. The second-order valence-corrected chi connectivity index (χ2v) is 7.11. The number of fused-ring (bicyclic) bond motifs is 1. The van der Waals surface area contributed by atoms with Gasteiger partial charge < -0.3 is 20.2 Å². The minimum absolute atomic E-state index is 0.224. The molecule has 2 aromatic carbocycles. The van der Waals surface area contributed by atoms with E-state index in [-0.39, 0.29) is 23.6 Å². The van der Waals surface area contributed by atoms with Gasteiger partial charge >= 0.3 is 11.8 Å². The van der Waals surface area contributed by atoms with Crippen molar-refractivity contribution in [1.29, 1.82) is 0 Å². The van der Waals surface area contributed by atoms with E-state index >= 15 is 0 Å². The lowest BCUT2D eigenvalue weighted by Gasteiger charge is -2.24. The Morgan fingerprint density at radius 3 is 2.58 bits per heavy atom. The van der Waals surface area contributed by atoms with Crippen molar-refractivity contribution in [3.05, 3.63) is 81.8 Å². The molecule has 10 heteroatoms. The largest absolute Gasteiger partial charge is 0.444 e. The van der Waals surface area contributed by atoms with E-state index in [1.54, 1.807) is 16.7 Å². The summed E-state index contributed by atoms with van der Waals surface area (Å²) < 4.78 is 20.2. The topological polar surface area (TPSA) is 103 Å². The third-order valence-corrected chi connectivity index (χ3v) is 4.93. The SMILES string of the molecule is O=C(Nc1ccc(F)cc1)c1ccc(CN2CCOc3nc([N+](=O)[O-])cn3CC2)cc1. The number of halogens is 1. The lowest BCUT2D eigenvalue weighted by Crippen LogP contribution is -2.33. The highest BCUT2D eigenvalue weighted by Crippen LogP contribution is 2.19. The number of anilines is 1. The van der Waals surface area contributed by atoms with Gasteiger partial charge in [0.2, 0.25) is 0 Å². The molecule has 0 radical (unpaired) electrons. The number of rotatable bonds is 5. The van der Waals surface area contributed by atoms with Gasteiger partial charge in [-0.05, 0) is 46.9 Å². The number of hydrogen-bond donors (Lipinski definition) is 1. The maximum absolute atomic E-state index is 13.0. The molecule has 1 aliphatic heterocycles. The molecule has 0 bridgehead atoms. The number of benzene rings is 2. The van der Waals surface area contributed by atoms with Crippen LogP contribution >= 0.6 is 0 Å². The molecule has 31 heavy (non-hydrogen) atoms. The highest BCUT2D eigenvalue weighted by molar-refractivity contribution is 6.04. The summed E-state index contributed by atoms with van der Waals surface area (Å²) in [5.74, 6) is -0.857. The maximum atomic E-state index is 13.0. The molecule has 2 heterocycles. The molecule has 9 nitrogen and oxygen atoms in total. The second-order valence-electron chi connectivity index (χ2n) is 7.11. The van der Waals surface area contributed by atoms with Crippen molar-refractivity contribution in [1.82, 2.24) is 14.5 Å². The molecule has 3 aromatic rings. The van der Waals surface area contributed by atoms with Crippen LogP contribution in [0.15, 0.2) is 54.7 Å². The van der Waals surface area contributed by atoms with Gasteiger partial charge in [0.25, 0.3) is 5.91 Å². The minimum atomic E-state index is -0.535. The molecule has 1 N–H and O–H groups in total. The number of amides is 1. The number of carbonyl (C=O) groups is 1. The maximum Gasteiger partial charge on any atom is 0.414 e. The number of ether oxygens (including phenoxy) is 1. The number of aromatic nitrogens is 2. The molecule has 4 rings (SSSR count). The fourth-order valence-electron chi connectivity index (χ4n) is 3.29. The normalized spacial score (nSPS) is 14.1. The van der Waals surface area contributed by atoms with Crippen molar-refractivity contribution < 1.29 is 18.8 Å². The number of carbonyl (C=O) groups excluding carboxylic acids is 1. The van der Waals surface area contributed by atoms with Gasteiger partial charge in [0.15, 0.2) is 0 Å². The smallest absolute Gasteiger partial charge is 0.414 e. The minimum Gasteiger partial charge on any atom is -0.444 e. The van der Waals surface area contributed by atoms with Crippen molar-refractivity contribution in [2.24, 2.45) is 0 Å². The van der Waals surface area contributed by atoms with Crippen molar-refractivity contribution >= 4 is 17.4 Å². The number of imidazole rings is 1. The van der Waals surface area contributed by atoms with Gasteiger partial charge in [-0.1, -0.05) is 12.1 Å². The summed E-state index contributed by atoms with van der Waals surface area (Å²) in [5.41, 5.74) is 2.05. The zero-order chi connectivity index (χ0) is 21.8. The molecule has 1 aromatic heterocycles. The Kier molecular flexibility index (Phi) is 5.89. The Labute approximate surface area is 177 Å². The van der Waals surface area contributed by atoms with Crippen LogP contribution in [0.1, 0.15) is 15.9 Å². The summed E-state index contributed by atoms with van der Waals surface area (Å²) in [6.07, 6.45) is 1.38.